The highest BCUT2D eigenvalue weighted by molar-refractivity contribution is 6.03. The number of carbonyl (C=O) groups is 1. The zero-order valence-electron chi connectivity index (χ0n) is 11.0. The summed E-state index contributed by atoms with van der Waals surface area (Å²) in [6.45, 7) is 0.0134. The number of methoxy groups -OCH3 is 2. The molecule has 19 heavy (non-hydrogen) atoms. The summed E-state index contributed by atoms with van der Waals surface area (Å²) in [5.74, 6) is 0.386. The zero-order chi connectivity index (χ0) is 14.0. The number of hydrogen-bond donors (Lipinski definition) is 2. The van der Waals surface area contributed by atoms with Crippen LogP contribution in [-0.4, -0.2) is 36.8 Å². The molecular formula is C14H18O5. The van der Waals surface area contributed by atoms with Gasteiger partial charge in [-0.3, -0.25) is 4.79 Å². The Morgan fingerprint density at radius 3 is 2.42 bits per heavy atom. The van der Waals surface area contributed by atoms with Gasteiger partial charge < -0.3 is 19.7 Å². The molecule has 0 saturated carbocycles. The third-order valence-electron chi connectivity index (χ3n) is 3.53. The van der Waals surface area contributed by atoms with E-state index in [1.807, 2.05) is 0 Å². The zero-order valence-corrected chi connectivity index (χ0v) is 11.0. The number of fused-ring (bicyclic) bond motifs is 1. The second kappa shape index (κ2) is 5.59. The average Bonchev–Trinajstić information content (AvgIpc) is 2.67. The van der Waals surface area contributed by atoms with Crippen molar-refractivity contribution in [2.75, 3.05) is 20.8 Å². The molecule has 0 amide bonds. The standard InChI is InChI=1S/C14H18O5/c1-18-11-6-9-10(7-12(11)19-2)14(17)8(13(9)16)4-3-5-15/h6-8,13,15-16H,3-5H2,1-2H3/t8-,13-/m1/s1. The van der Waals surface area contributed by atoms with Crippen molar-refractivity contribution >= 4 is 5.78 Å². The van der Waals surface area contributed by atoms with E-state index in [1.54, 1.807) is 12.1 Å². The maximum Gasteiger partial charge on any atom is 0.169 e. The summed E-state index contributed by atoms with van der Waals surface area (Å²) in [6, 6.07) is 3.26. The van der Waals surface area contributed by atoms with E-state index >= 15 is 0 Å². The summed E-state index contributed by atoms with van der Waals surface area (Å²) >= 11 is 0. The second-order valence-electron chi connectivity index (χ2n) is 4.58. The molecule has 0 unspecified atom stereocenters. The van der Waals surface area contributed by atoms with Crippen LogP contribution in [-0.2, 0) is 0 Å². The predicted octanol–water partition coefficient (Wildman–Crippen LogP) is 1.32. The molecule has 0 spiro atoms. The van der Waals surface area contributed by atoms with Crippen molar-refractivity contribution in [3.63, 3.8) is 0 Å². The maximum atomic E-state index is 12.2. The van der Waals surface area contributed by atoms with Gasteiger partial charge in [0.2, 0.25) is 0 Å². The molecule has 2 N–H and O–H groups in total. The lowest BCUT2D eigenvalue weighted by molar-refractivity contribution is 0.0722. The Bertz CT molecular complexity index is 483. The van der Waals surface area contributed by atoms with Gasteiger partial charge in [0.25, 0.3) is 0 Å². The van der Waals surface area contributed by atoms with Crippen LogP contribution in [0.15, 0.2) is 12.1 Å². The number of benzene rings is 1. The minimum Gasteiger partial charge on any atom is -0.493 e. The molecule has 0 aliphatic heterocycles. The number of Topliss-reactive ketones (excluding diaryl/α,β-unsaturated/α-hetero) is 1. The fourth-order valence-corrected chi connectivity index (χ4v) is 2.51. The molecule has 5 heteroatoms. The number of aliphatic hydroxyl groups excluding tert-OH is 2. The van der Waals surface area contributed by atoms with Crippen LogP contribution >= 0.6 is 0 Å². The van der Waals surface area contributed by atoms with Crippen molar-refractivity contribution in [2.45, 2.75) is 18.9 Å². The minimum atomic E-state index is -0.839. The summed E-state index contributed by atoms with van der Waals surface area (Å²) in [7, 11) is 3.01. The second-order valence-corrected chi connectivity index (χ2v) is 4.58. The van der Waals surface area contributed by atoms with Gasteiger partial charge in [0.1, 0.15) is 0 Å². The molecule has 5 nitrogen and oxygen atoms in total. The molecule has 0 saturated heterocycles. The maximum absolute atomic E-state index is 12.2. The van der Waals surface area contributed by atoms with Gasteiger partial charge in [0.15, 0.2) is 17.3 Å². The Morgan fingerprint density at radius 2 is 1.84 bits per heavy atom. The molecule has 1 aliphatic rings. The highest BCUT2D eigenvalue weighted by atomic mass is 16.5. The van der Waals surface area contributed by atoms with E-state index in [0.29, 0.717) is 35.5 Å². The Kier molecular flexibility index (Phi) is 4.07. The van der Waals surface area contributed by atoms with Crippen LogP contribution in [0.1, 0.15) is 34.9 Å². The van der Waals surface area contributed by atoms with E-state index in [9.17, 15) is 9.90 Å². The normalized spacial score (nSPS) is 21.4. The SMILES string of the molecule is COc1cc2c(cc1OC)[C@H](O)[C@@H](CCCO)C2=O. The van der Waals surface area contributed by atoms with Gasteiger partial charge in [-0.15, -0.1) is 0 Å². The van der Waals surface area contributed by atoms with Gasteiger partial charge in [0, 0.05) is 12.2 Å². The van der Waals surface area contributed by atoms with Crippen LogP contribution in [0.5, 0.6) is 11.5 Å². The van der Waals surface area contributed by atoms with E-state index in [1.165, 1.54) is 14.2 Å². The fraction of sp³-hybridized carbons (Fsp3) is 0.500. The summed E-state index contributed by atoms with van der Waals surface area (Å²) in [5.41, 5.74) is 1.05. The van der Waals surface area contributed by atoms with Crippen molar-refractivity contribution in [2.24, 2.45) is 5.92 Å². The molecular weight excluding hydrogens is 248 g/mol. The van der Waals surface area contributed by atoms with E-state index in [0.717, 1.165) is 0 Å². The van der Waals surface area contributed by atoms with Crippen LogP contribution in [0.25, 0.3) is 0 Å². The Labute approximate surface area is 111 Å². The number of carbonyl (C=O) groups excluding carboxylic acids is 1. The molecule has 2 atom stereocenters. The number of rotatable bonds is 5. The van der Waals surface area contributed by atoms with Crippen molar-refractivity contribution < 1.29 is 24.5 Å². The molecule has 0 heterocycles. The van der Waals surface area contributed by atoms with Gasteiger partial charge in [-0.2, -0.15) is 0 Å². The van der Waals surface area contributed by atoms with E-state index in [2.05, 4.69) is 0 Å². The van der Waals surface area contributed by atoms with Gasteiger partial charge in [-0.05, 0) is 30.5 Å². The first kappa shape index (κ1) is 13.8. The molecule has 1 aromatic rings. The van der Waals surface area contributed by atoms with Gasteiger partial charge in [0.05, 0.1) is 26.2 Å². The van der Waals surface area contributed by atoms with Crippen LogP contribution in [0.4, 0.5) is 0 Å². The topological polar surface area (TPSA) is 76.0 Å². The van der Waals surface area contributed by atoms with Gasteiger partial charge in [-0.1, -0.05) is 0 Å². The molecule has 0 bridgehead atoms. The van der Waals surface area contributed by atoms with Crippen LogP contribution in [0, 0.1) is 5.92 Å². The molecule has 0 radical (unpaired) electrons. The number of ketones is 1. The fourth-order valence-electron chi connectivity index (χ4n) is 2.51. The predicted molar refractivity (Wildman–Crippen MR) is 68.6 cm³/mol. The highest BCUT2D eigenvalue weighted by Crippen LogP contribution is 2.43. The van der Waals surface area contributed by atoms with E-state index in [4.69, 9.17) is 14.6 Å². The summed E-state index contributed by atoms with van der Waals surface area (Å²) in [4.78, 5) is 12.2. The Balaban J connectivity index is 2.38. The van der Waals surface area contributed by atoms with E-state index in [-0.39, 0.29) is 12.4 Å². The molecule has 104 valence electrons. The summed E-state index contributed by atoms with van der Waals surface area (Å²) < 4.78 is 10.3. The van der Waals surface area contributed by atoms with Crippen molar-refractivity contribution in [3.8, 4) is 11.5 Å². The first-order valence-electron chi connectivity index (χ1n) is 6.23. The number of ether oxygens (including phenoxy) is 2. The smallest absolute Gasteiger partial charge is 0.169 e. The van der Waals surface area contributed by atoms with Crippen molar-refractivity contribution in [1.82, 2.24) is 0 Å². The van der Waals surface area contributed by atoms with Gasteiger partial charge in [-0.25, -0.2) is 0 Å². The molecule has 1 aliphatic carbocycles. The van der Waals surface area contributed by atoms with E-state index < -0.39 is 12.0 Å². The first-order chi connectivity index (χ1) is 9.13. The minimum absolute atomic E-state index is 0.0134. The third kappa shape index (κ3) is 2.31. The Morgan fingerprint density at radius 1 is 1.21 bits per heavy atom. The largest absolute Gasteiger partial charge is 0.493 e. The van der Waals surface area contributed by atoms with Gasteiger partial charge >= 0.3 is 0 Å². The van der Waals surface area contributed by atoms with Crippen LogP contribution in [0.3, 0.4) is 0 Å². The summed E-state index contributed by atoms with van der Waals surface area (Å²) in [6.07, 6.45) is 0.125. The number of hydrogen-bond acceptors (Lipinski definition) is 5. The Hall–Kier alpha value is -1.59. The third-order valence-corrected chi connectivity index (χ3v) is 3.53. The summed E-state index contributed by atoms with van der Waals surface area (Å²) in [5, 5.41) is 19.1. The lowest BCUT2D eigenvalue weighted by Gasteiger charge is -2.13. The molecule has 0 fully saturated rings. The molecule has 0 aromatic heterocycles. The first-order valence-corrected chi connectivity index (χ1v) is 6.23. The quantitative estimate of drug-likeness (QED) is 0.840. The number of aliphatic hydroxyl groups is 2. The molecule has 1 aromatic carbocycles. The highest BCUT2D eigenvalue weighted by Gasteiger charge is 2.39. The lowest BCUT2D eigenvalue weighted by atomic mass is 9.97. The molecule has 2 rings (SSSR count). The van der Waals surface area contributed by atoms with Crippen molar-refractivity contribution in [1.29, 1.82) is 0 Å². The van der Waals surface area contributed by atoms with Crippen molar-refractivity contribution in [3.05, 3.63) is 23.3 Å². The average molecular weight is 266 g/mol. The van der Waals surface area contributed by atoms with Crippen LogP contribution < -0.4 is 9.47 Å². The van der Waals surface area contributed by atoms with Crippen LogP contribution in [0.2, 0.25) is 0 Å². The monoisotopic (exact) mass is 266 g/mol. The lowest BCUT2D eigenvalue weighted by Crippen LogP contribution is -2.13.